The van der Waals surface area contributed by atoms with E-state index < -0.39 is 18.5 Å². The molecule has 0 saturated carbocycles. The highest BCUT2D eigenvalue weighted by atomic mass is 35.5. The highest BCUT2D eigenvalue weighted by Gasteiger charge is 2.19. The Morgan fingerprint density at radius 3 is 2.65 bits per heavy atom. The second-order valence-electron chi connectivity index (χ2n) is 5.17. The van der Waals surface area contributed by atoms with Gasteiger partial charge in [-0.3, -0.25) is 4.79 Å². The molecule has 0 atom stereocenters. The maximum atomic E-state index is 12.2. The van der Waals surface area contributed by atoms with Gasteiger partial charge in [0.25, 0.3) is 5.91 Å². The number of halogens is 2. The van der Waals surface area contributed by atoms with Crippen LogP contribution in [-0.2, 0) is 9.53 Å². The average Bonchev–Trinajstić information content (AvgIpc) is 2.97. The standard InChI is InChI=1S/C18H10Cl2N2O3S/c19-13-7-11(6-5-10(13)8-21)22-15(23)9-25-18(24)17-16(20)12-3-1-2-4-14(12)26-17/h1-7H,9H2,(H,22,23). The van der Waals surface area contributed by atoms with Crippen molar-refractivity contribution < 1.29 is 14.3 Å². The summed E-state index contributed by atoms with van der Waals surface area (Å²) in [6.45, 7) is -0.471. The molecule has 0 aliphatic rings. The molecule has 0 aliphatic carbocycles. The number of carbonyl (C=O) groups is 2. The Balaban J connectivity index is 1.63. The van der Waals surface area contributed by atoms with Gasteiger partial charge in [-0.05, 0) is 24.3 Å². The molecule has 3 rings (SSSR count). The zero-order chi connectivity index (χ0) is 18.7. The van der Waals surface area contributed by atoms with Crippen LogP contribution in [0.3, 0.4) is 0 Å². The fourth-order valence-corrected chi connectivity index (χ4v) is 3.85. The molecule has 26 heavy (non-hydrogen) atoms. The van der Waals surface area contributed by atoms with E-state index in [4.69, 9.17) is 33.2 Å². The van der Waals surface area contributed by atoms with E-state index in [1.54, 1.807) is 0 Å². The van der Waals surface area contributed by atoms with E-state index in [-0.39, 0.29) is 9.90 Å². The van der Waals surface area contributed by atoms with Crippen LogP contribution in [0.2, 0.25) is 10.0 Å². The van der Waals surface area contributed by atoms with E-state index in [1.165, 1.54) is 29.5 Å². The molecule has 0 saturated heterocycles. The van der Waals surface area contributed by atoms with Crippen LogP contribution >= 0.6 is 34.5 Å². The molecule has 0 bridgehead atoms. The molecule has 0 unspecified atom stereocenters. The van der Waals surface area contributed by atoms with Crippen molar-refractivity contribution in [2.24, 2.45) is 0 Å². The van der Waals surface area contributed by atoms with Crippen LogP contribution < -0.4 is 5.32 Å². The highest BCUT2D eigenvalue weighted by Crippen LogP contribution is 2.35. The predicted molar refractivity (Wildman–Crippen MR) is 102 cm³/mol. The minimum atomic E-state index is -0.663. The zero-order valence-corrected chi connectivity index (χ0v) is 15.4. The molecule has 0 radical (unpaired) electrons. The highest BCUT2D eigenvalue weighted by molar-refractivity contribution is 7.21. The van der Waals surface area contributed by atoms with E-state index >= 15 is 0 Å². The number of ether oxygens (including phenoxy) is 1. The van der Waals surface area contributed by atoms with Gasteiger partial charge in [0.15, 0.2) is 6.61 Å². The first-order valence-corrected chi connectivity index (χ1v) is 8.90. The van der Waals surface area contributed by atoms with Crippen LogP contribution in [0.4, 0.5) is 5.69 Å². The Morgan fingerprint density at radius 2 is 1.96 bits per heavy atom. The molecule has 130 valence electrons. The van der Waals surface area contributed by atoms with Crippen molar-refractivity contribution in [2.75, 3.05) is 11.9 Å². The van der Waals surface area contributed by atoms with E-state index in [0.717, 1.165) is 10.1 Å². The van der Waals surface area contributed by atoms with Crippen molar-refractivity contribution in [1.82, 2.24) is 0 Å². The molecule has 0 spiro atoms. The van der Waals surface area contributed by atoms with Crippen LogP contribution in [0.15, 0.2) is 42.5 Å². The zero-order valence-electron chi connectivity index (χ0n) is 13.1. The third-order valence-corrected chi connectivity index (χ3v) is 5.40. The third-order valence-electron chi connectivity index (χ3n) is 3.43. The number of hydrogen-bond donors (Lipinski definition) is 1. The number of benzene rings is 2. The summed E-state index contributed by atoms with van der Waals surface area (Å²) in [6.07, 6.45) is 0. The van der Waals surface area contributed by atoms with Crippen LogP contribution in [0.25, 0.3) is 10.1 Å². The Morgan fingerprint density at radius 1 is 1.19 bits per heavy atom. The molecule has 5 nitrogen and oxygen atoms in total. The topological polar surface area (TPSA) is 79.2 Å². The smallest absolute Gasteiger partial charge is 0.350 e. The number of amides is 1. The van der Waals surface area contributed by atoms with Gasteiger partial charge in [0.1, 0.15) is 10.9 Å². The van der Waals surface area contributed by atoms with Crippen LogP contribution in [-0.4, -0.2) is 18.5 Å². The molecule has 0 fully saturated rings. The summed E-state index contributed by atoms with van der Waals surface area (Å²) < 4.78 is 5.90. The summed E-state index contributed by atoms with van der Waals surface area (Å²) in [6, 6.07) is 13.7. The summed E-state index contributed by atoms with van der Waals surface area (Å²) in [5, 5.41) is 12.7. The number of carbonyl (C=O) groups excluding carboxylic acids is 2. The predicted octanol–water partition coefficient (Wildman–Crippen LogP) is 4.88. The minimum absolute atomic E-state index is 0.222. The van der Waals surface area contributed by atoms with Gasteiger partial charge in [-0.1, -0.05) is 41.4 Å². The summed E-state index contributed by atoms with van der Waals surface area (Å²) in [4.78, 5) is 24.4. The van der Waals surface area contributed by atoms with E-state index in [2.05, 4.69) is 5.32 Å². The number of rotatable bonds is 4. The summed E-state index contributed by atoms with van der Waals surface area (Å²) in [5.74, 6) is -1.19. The van der Waals surface area contributed by atoms with E-state index in [1.807, 2.05) is 30.3 Å². The van der Waals surface area contributed by atoms with Gasteiger partial charge in [0, 0.05) is 15.8 Å². The normalized spacial score (nSPS) is 10.3. The number of nitrogens with zero attached hydrogens (tertiary/aromatic N) is 1. The van der Waals surface area contributed by atoms with Crippen LogP contribution in [0, 0.1) is 11.3 Å². The summed E-state index contributed by atoms with van der Waals surface area (Å²) in [5.41, 5.74) is 0.699. The molecule has 1 heterocycles. The third kappa shape index (κ3) is 3.81. The van der Waals surface area contributed by atoms with Gasteiger partial charge in [-0.25, -0.2) is 4.79 Å². The molecular formula is C18H10Cl2N2O3S. The van der Waals surface area contributed by atoms with Gasteiger partial charge in [0.2, 0.25) is 0 Å². The first-order valence-electron chi connectivity index (χ1n) is 7.33. The van der Waals surface area contributed by atoms with Crippen LogP contribution in [0.5, 0.6) is 0 Å². The van der Waals surface area contributed by atoms with Gasteiger partial charge in [-0.2, -0.15) is 5.26 Å². The van der Waals surface area contributed by atoms with E-state index in [0.29, 0.717) is 16.3 Å². The van der Waals surface area contributed by atoms with Gasteiger partial charge in [0.05, 0.1) is 15.6 Å². The lowest BCUT2D eigenvalue weighted by Gasteiger charge is -2.07. The van der Waals surface area contributed by atoms with Crippen LogP contribution in [0.1, 0.15) is 15.2 Å². The number of thiophene rings is 1. The lowest BCUT2D eigenvalue weighted by Crippen LogP contribution is -2.20. The Hall–Kier alpha value is -2.59. The van der Waals surface area contributed by atoms with Crippen molar-refractivity contribution in [3.05, 3.63) is 63.0 Å². The average molecular weight is 405 g/mol. The molecule has 0 aliphatic heterocycles. The molecule has 8 heteroatoms. The molecule has 3 aromatic rings. The number of nitrogens with one attached hydrogen (secondary N) is 1. The van der Waals surface area contributed by atoms with Gasteiger partial charge >= 0.3 is 5.97 Å². The monoisotopic (exact) mass is 404 g/mol. The van der Waals surface area contributed by atoms with Crippen molar-refractivity contribution in [3.63, 3.8) is 0 Å². The van der Waals surface area contributed by atoms with Crippen molar-refractivity contribution in [2.45, 2.75) is 0 Å². The SMILES string of the molecule is N#Cc1ccc(NC(=O)COC(=O)c2sc3ccccc3c2Cl)cc1Cl. The maximum Gasteiger partial charge on any atom is 0.350 e. The number of nitriles is 1. The number of esters is 1. The summed E-state index contributed by atoms with van der Waals surface area (Å²) >= 11 is 13.3. The fourth-order valence-electron chi connectivity index (χ4n) is 2.22. The Labute approximate surface area is 162 Å². The Kier molecular flexibility index (Phi) is 5.43. The molecule has 1 amide bonds. The first-order chi connectivity index (χ1) is 12.5. The second kappa shape index (κ2) is 7.75. The minimum Gasteiger partial charge on any atom is -0.451 e. The fraction of sp³-hybridized carbons (Fsp3) is 0.0556. The number of hydrogen-bond acceptors (Lipinski definition) is 5. The Bertz CT molecular complexity index is 1060. The van der Waals surface area contributed by atoms with Gasteiger partial charge < -0.3 is 10.1 Å². The first kappa shape index (κ1) is 18.2. The molecular weight excluding hydrogens is 395 g/mol. The van der Waals surface area contributed by atoms with Gasteiger partial charge in [-0.15, -0.1) is 11.3 Å². The van der Waals surface area contributed by atoms with Crippen molar-refractivity contribution in [3.8, 4) is 6.07 Å². The number of fused-ring (bicyclic) bond motifs is 1. The van der Waals surface area contributed by atoms with E-state index in [9.17, 15) is 9.59 Å². The quantitative estimate of drug-likeness (QED) is 0.628. The summed E-state index contributed by atoms with van der Waals surface area (Å²) in [7, 11) is 0. The lowest BCUT2D eigenvalue weighted by atomic mass is 10.2. The molecule has 1 N–H and O–H groups in total. The maximum absolute atomic E-state index is 12.2. The molecule has 2 aromatic carbocycles. The number of anilines is 1. The second-order valence-corrected chi connectivity index (χ2v) is 7.01. The molecule has 1 aromatic heterocycles. The van der Waals surface area contributed by atoms with Crippen molar-refractivity contribution in [1.29, 1.82) is 5.26 Å². The van der Waals surface area contributed by atoms with Crippen molar-refractivity contribution >= 4 is 62.2 Å². The largest absolute Gasteiger partial charge is 0.451 e. The lowest BCUT2D eigenvalue weighted by molar-refractivity contribution is -0.119.